The van der Waals surface area contributed by atoms with Crippen LogP contribution in [0.25, 0.3) is 16.2 Å². The fourth-order valence-corrected chi connectivity index (χ4v) is 3.47. The Morgan fingerprint density at radius 1 is 1.40 bits per heavy atom. The molecule has 0 unspecified atom stereocenters. The van der Waals surface area contributed by atoms with Gasteiger partial charge in [0.15, 0.2) is 10.8 Å². The number of likely N-dealkylation sites (N-methyl/N-ethyl adjacent to an activating group) is 1. The number of aromatic carboxylic acids is 1. The van der Waals surface area contributed by atoms with Crippen LogP contribution in [0.4, 0.5) is 5.82 Å². The molecule has 0 bridgehead atoms. The van der Waals surface area contributed by atoms with Crippen molar-refractivity contribution in [3.63, 3.8) is 0 Å². The second-order valence-electron chi connectivity index (χ2n) is 5.79. The fraction of sp³-hybridized carbons (Fsp3) is 0.250. The Morgan fingerprint density at radius 3 is 2.84 bits per heavy atom. The summed E-state index contributed by atoms with van der Waals surface area (Å²) in [5.74, 6) is -0.507. The third-order valence-electron chi connectivity index (χ3n) is 4.31. The Hall–Kier alpha value is -2.78. The molecule has 1 fully saturated rings. The zero-order valence-electron chi connectivity index (χ0n) is 13.3. The zero-order chi connectivity index (χ0) is 17.6. The van der Waals surface area contributed by atoms with E-state index in [1.165, 1.54) is 17.5 Å². The van der Waals surface area contributed by atoms with Crippen LogP contribution in [0.1, 0.15) is 10.4 Å². The largest absolute Gasteiger partial charge is 0.477 e. The van der Waals surface area contributed by atoms with Gasteiger partial charge in [-0.2, -0.15) is 0 Å². The van der Waals surface area contributed by atoms with Crippen LogP contribution in [0.2, 0.25) is 0 Å². The highest BCUT2D eigenvalue weighted by molar-refractivity contribution is 7.12. The van der Waals surface area contributed by atoms with E-state index in [-0.39, 0.29) is 10.9 Å². The minimum atomic E-state index is -1.26. The number of carboxylic acids is 1. The van der Waals surface area contributed by atoms with Gasteiger partial charge in [-0.15, -0.1) is 11.3 Å². The summed E-state index contributed by atoms with van der Waals surface area (Å²) in [6, 6.07) is 3.82. The average molecular weight is 357 g/mol. The number of fused-ring (bicyclic) bond motifs is 1. The van der Waals surface area contributed by atoms with Gasteiger partial charge in [-0.1, -0.05) is 0 Å². The van der Waals surface area contributed by atoms with Crippen LogP contribution in [0, 0.1) is 0 Å². The molecular formula is C16H15N5O3S. The molecule has 0 amide bonds. The molecule has 4 heterocycles. The summed E-state index contributed by atoms with van der Waals surface area (Å²) in [5.41, 5.74) is -0.419. The predicted molar refractivity (Wildman–Crippen MR) is 95.0 cm³/mol. The second-order valence-corrected chi connectivity index (χ2v) is 6.67. The molecular weight excluding hydrogens is 342 g/mol. The number of nitrogens with one attached hydrogen (secondary N) is 1. The molecule has 0 radical (unpaired) electrons. The van der Waals surface area contributed by atoms with Crippen LogP contribution < -0.4 is 15.6 Å². The summed E-state index contributed by atoms with van der Waals surface area (Å²) in [7, 11) is 1.92. The van der Waals surface area contributed by atoms with Gasteiger partial charge in [-0.05, 0) is 19.2 Å². The van der Waals surface area contributed by atoms with Crippen LogP contribution >= 0.6 is 11.3 Å². The first-order chi connectivity index (χ1) is 12.1. The maximum atomic E-state index is 12.5. The number of carbonyl (C=O) groups is 1. The number of rotatable bonds is 4. The minimum absolute atomic E-state index is 0.268. The molecule has 4 rings (SSSR count). The topological polar surface area (TPSA) is 100 Å². The zero-order valence-corrected chi connectivity index (χ0v) is 14.2. The number of hydrogen-bond donors (Lipinski definition) is 2. The van der Waals surface area contributed by atoms with Gasteiger partial charge < -0.3 is 15.3 Å². The molecule has 0 aliphatic carbocycles. The lowest BCUT2D eigenvalue weighted by atomic mass is 10.1. The maximum absolute atomic E-state index is 12.5. The standard InChI is InChI=1S/C16H15N5O3S/c1-17-9-6-20(7-9)12-3-2-10-13(22)11(15(23)24)8-21(14(10)19-12)16-18-4-5-25-16/h2-5,8-9,17H,6-7H2,1H3,(H,23,24). The van der Waals surface area contributed by atoms with Gasteiger partial charge in [0, 0.05) is 36.9 Å². The number of pyridine rings is 2. The van der Waals surface area contributed by atoms with Gasteiger partial charge in [-0.3, -0.25) is 9.36 Å². The first kappa shape index (κ1) is 15.7. The molecule has 0 saturated carbocycles. The number of thiazole rings is 1. The van der Waals surface area contributed by atoms with E-state index in [4.69, 9.17) is 0 Å². The molecule has 2 N–H and O–H groups in total. The number of carboxylic acid groups (broad SMARTS) is 1. The third kappa shape index (κ3) is 2.57. The molecule has 9 heteroatoms. The van der Waals surface area contributed by atoms with E-state index in [1.807, 2.05) is 7.05 Å². The van der Waals surface area contributed by atoms with Crippen molar-refractivity contribution >= 4 is 34.2 Å². The van der Waals surface area contributed by atoms with Crippen LogP contribution in [-0.2, 0) is 0 Å². The highest BCUT2D eigenvalue weighted by atomic mass is 32.1. The summed E-state index contributed by atoms with van der Waals surface area (Å²) in [5, 5.41) is 15.2. The van der Waals surface area contributed by atoms with Gasteiger partial charge >= 0.3 is 5.97 Å². The van der Waals surface area contributed by atoms with Crippen molar-refractivity contribution in [3.05, 3.63) is 45.7 Å². The molecule has 25 heavy (non-hydrogen) atoms. The van der Waals surface area contributed by atoms with Gasteiger partial charge in [0.2, 0.25) is 5.43 Å². The maximum Gasteiger partial charge on any atom is 0.341 e. The molecule has 3 aromatic rings. The Kier molecular flexibility index (Phi) is 3.74. The Labute approximate surface area is 146 Å². The lowest BCUT2D eigenvalue weighted by Crippen LogP contribution is -2.57. The van der Waals surface area contributed by atoms with E-state index < -0.39 is 11.4 Å². The van der Waals surface area contributed by atoms with E-state index in [9.17, 15) is 14.7 Å². The molecule has 1 saturated heterocycles. The number of nitrogens with zero attached hydrogens (tertiary/aromatic N) is 4. The number of anilines is 1. The summed E-state index contributed by atoms with van der Waals surface area (Å²) < 4.78 is 1.57. The van der Waals surface area contributed by atoms with Crippen LogP contribution in [0.3, 0.4) is 0 Å². The van der Waals surface area contributed by atoms with Crippen molar-refractivity contribution in [1.82, 2.24) is 19.9 Å². The average Bonchev–Trinajstić information content (AvgIpc) is 3.08. The van der Waals surface area contributed by atoms with Gasteiger partial charge in [-0.25, -0.2) is 14.8 Å². The van der Waals surface area contributed by atoms with Crippen LogP contribution in [0.15, 0.2) is 34.7 Å². The Balaban J connectivity index is 1.91. The Bertz CT molecular complexity index is 1010. The van der Waals surface area contributed by atoms with Gasteiger partial charge in [0.25, 0.3) is 0 Å². The summed E-state index contributed by atoms with van der Waals surface area (Å²) in [4.78, 5) is 34.8. The molecule has 1 aliphatic heterocycles. The van der Waals surface area contributed by atoms with Crippen molar-refractivity contribution in [1.29, 1.82) is 0 Å². The van der Waals surface area contributed by atoms with E-state index in [2.05, 4.69) is 20.2 Å². The quantitative estimate of drug-likeness (QED) is 0.717. The van der Waals surface area contributed by atoms with Gasteiger partial charge in [0.1, 0.15) is 11.4 Å². The molecule has 3 aromatic heterocycles. The molecule has 8 nitrogen and oxygen atoms in total. The second kappa shape index (κ2) is 5.94. The van der Waals surface area contributed by atoms with Crippen molar-refractivity contribution < 1.29 is 9.90 Å². The lowest BCUT2D eigenvalue weighted by molar-refractivity contribution is 0.0695. The first-order valence-electron chi connectivity index (χ1n) is 7.70. The van der Waals surface area contributed by atoms with E-state index >= 15 is 0 Å². The third-order valence-corrected chi connectivity index (χ3v) is 5.08. The van der Waals surface area contributed by atoms with Crippen molar-refractivity contribution in [2.75, 3.05) is 25.0 Å². The summed E-state index contributed by atoms with van der Waals surface area (Å²) in [6.45, 7) is 1.67. The molecule has 128 valence electrons. The number of hydrogen-bond acceptors (Lipinski definition) is 7. The monoisotopic (exact) mass is 357 g/mol. The van der Waals surface area contributed by atoms with Crippen molar-refractivity contribution in [2.24, 2.45) is 0 Å². The highest BCUT2D eigenvalue weighted by Crippen LogP contribution is 2.23. The van der Waals surface area contributed by atoms with E-state index in [0.29, 0.717) is 16.8 Å². The van der Waals surface area contributed by atoms with Crippen molar-refractivity contribution in [2.45, 2.75) is 6.04 Å². The highest BCUT2D eigenvalue weighted by Gasteiger charge is 2.27. The normalized spacial score (nSPS) is 14.7. The van der Waals surface area contributed by atoms with Gasteiger partial charge in [0.05, 0.1) is 5.39 Å². The summed E-state index contributed by atoms with van der Waals surface area (Å²) in [6.07, 6.45) is 2.93. The first-order valence-corrected chi connectivity index (χ1v) is 8.58. The fourth-order valence-electron chi connectivity index (χ4n) is 2.85. The predicted octanol–water partition coefficient (Wildman–Crippen LogP) is 0.948. The summed E-state index contributed by atoms with van der Waals surface area (Å²) >= 11 is 1.35. The van der Waals surface area contributed by atoms with E-state index in [0.717, 1.165) is 18.9 Å². The lowest BCUT2D eigenvalue weighted by Gasteiger charge is -2.40. The minimum Gasteiger partial charge on any atom is -0.477 e. The van der Waals surface area contributed by atoms with E-state index in [1.54, 1.807) is 28.3 Å². The molecule has 0 spiro atoms. The molecule has 1 aliphatic rings. The number of aromatic nitrogens is 3. The SMILES string of the molecule is CNC1CN(c2ccc3c(=O)c(C(=O)O)cn(-c4nccs4)c3n2)C1. The van der Waals surface area contributed by atoms with Crippen molar-refractivity contribution in [3.8, 4) is 5.13 Å². The molecule has 0 atom stereocenters. The van der Waals surface area contributed by atoms with Crippen LogP contribution in [-0.4, -0.2) is 51.8 Å². The smallest absolute Gasteiger partial charge is 0.341 e. The Morgan fingerprint density at radius 2 is 2.20 bits per heavy atom. The van der Waals surface area contributed by atoms with Crippen LogP contribution in [0.5, 0.6) is 0 Å². The molecule has 0 aromatic carbocycles.